The second kappa shape index (κ2) is 8.47. The van der Waals surface area contributed by atoms with Gasteiger partial charge in [0.15, 0.2) is 0 Å². The Morgan fingerprint density at radius 1 is 0.897 bits per heavy atom. The Morgan fingerprint density at radius 3 is 2.34 bits per heavy atom. The number of pyridine rings is 1. The van der Waals surface area contributed by atoms with E-state index >= 15 is 0 Å². The molecule has 3 aromatic rings. The van der Waals surface area contributed by atoms with Crippen molar-refractivity contribution in [2.45, 2.75) is 27.2 Å². The molecule has 0 radical (unpaired) electrons. The zero-order chi connectivity index (χ0) is 20.2. The zero-order valence-corrected chi connectivity index (χ0v) is 17.4. The molecule has 2 aromatic heterocycles. The largest absolute Gasteiger partial charge is 0.353 e. The third-order valence-electron chi connectivity index (χ3n) is 5.39. The normalized spacial score (nSPS) is 14.2. The van der Waals surface area contributed by atoms with Gasteiger partial charge in [0.1, 0.15) is 23.3 Å². The van der Waals surface area contributed by atoms with Gasteiger partial charge in [-0.3, -0.25) is 0 Å². The zero-order valence-electron chi connectivity index (χ0n) is 17.4. The second-order valence-corrected chi connectivity index (χ2v) is 7.41. The Bertz CT molecular complexity index is 964. The number of aromatic nitrogens is 3. The summed E-state index contributed by atoms with van der Waals surface area (Å²) in [6, 6.07) is 14.5. The molecule has 0 amide bonds. The number of nitrogens with zero attached hydrogens (tertiary/aromatic N) is 5. The van der Waals surface area contributed by atoms with E-state index in [0.29, 0.717) is 0 Å². The van der Waals surface area contributed by atoms with Crippen LogP contribution in [0.2, 0.25) is 0 Å². The number of rotatable bonds is 5. The average Bonchev–Trinajstić information content (AvgIpc) is 2.75. The summed E-state index contributed by atoms with van der Waals surface area (Å²) in [5.74, 6) is 3.65. The molecule has 3 heterocycles. The fourth-order valence-electron chi connectivity index (χ4n) is 3.81. The minimum Gasteiger partial charge on any atom is -0.353 e. The Hall–Kier alpha value is -3.15. The highest BCUT2D eigenvalue weighted by molar-refractivity contribution is 5.66. The number of benzene rings is 1. The van der Waals surface area contributed by atoms with Gasteiger partial charge in [0, 0.05) is 44.1 Å². The predicted octanol–water partition coefficient (Wildman–Crippen LogP) is 4.12. The smallest absolute Gasteiger partial charge is 0.136 e. The van der Waals surface area contributed by atoms with Crippen LogP contribution in [0.5, 0.6) is 0 Å². The van der Waals surface area contributed by atoms with Gasteiger partial charge in [-0.2, -0.15) is 0 Å². The van der Waals surface area contributed by atoms with Crippen molar-refractivity contribution in [2.75, 3.05) is 41.3 Å². The van der Waals surface area contributed by atoms with Crippen LogP contribution in [0.3, 0.4) is 0 Å². The van der Waals surface area contributed by atoms with Gasteiger partial charge in [0.05, 0.1) is 0 Å². The summed E-state index contributed by atoms with van der Waals surface area (Å²) in [6.07, 6.45) is 2.83. The van der Waals surface area contributed by atoms with Crippen LogP contribution in [0.4, 0.5) is 23.1 Å². The van der Waals surface area contributed by atoms with Crippen molar-refractivity contribution in [1.29, 1.82) is 0 Å². The van der Waals surface area contributed by atoms with Gasteiger partial charge < -0.3 is 15.1 Å². The first-order chi connectivity index (χ1) is 14.1. The Balaban J connectivity index is 1.51. The maximum Gasteiger partial charge on any atom is 0.136 e. The van der Waals surface area contributed by atoms with E-state index in [1.807, 2.05) is 25.3 Å². The quantitative estimate of drug-likeness (QED) is 0.709. The van der Waals surface area contributed by atoms with Crippen LogP contribution < -0.4 is 15.1 Å². The molecule has 150 valence electrons. The highest BCUT2D eigenvalue weighted by Crippen LogP contribution is 2.27. The fourth-order valence-corrected chi connectivity index (χ4v) is 3.81. The van der Waals surface area contributed by atoms with E-state index in [4.69, 9.17) is 4.98 Å². The van der Waals surface area contributed by atoms with Crippen LogP contribution >= 0.6 is 0 Å². The SMILES string of the molecule is CCc1cccc(C)c1Nc1cc(N2CCN(c3ccccn3)CC2)nc(C)n1. The van der Waals surface area contributed by atoms with Gasteiger partial charge >= 0.3 is 0 Å². The summed E-state index contributed by atoms with van der Waals surface area (Å²) in [4.78, 5) is 18.5. The minimum atomic E-state index is 0.781. The number of piperazine rings is 1. The summed E-state index contributed by atoms with van der Waals surface area (Å²) in [5.41, 5.74) is 3.68. The average molecular weight is 389 g/mol. The van der Waals surface area contributed by atoms with Crippen LogP contribution in [0, 0.1) is 13.8 Å². The Morgan fingerprint density at radius 2 is 1.66 bits per heavy atom. The number of para-hydroxylation sites is 1. The molecule has 1 N–H and O–H groups in total. The summed E-state index contributed by atoms with van der Waals surface area (Å²) < 4.78 is 0. The molecular formula is C23H28N6. The molecule has 0 spiro atoms. The van der Waals surface area contributed by atoms with E-state index in [0.717, 1.165) is 61.6 Å². The first-order valence-electron chi connectivity index (χ1n) is 10.3. The molecule has 0 aliphatic carbocycles. The highest BCUT2D eigenvalue weighted by Gasteiger charge is 2.20. The molecule has 6 nitrogen and oxygen atoms in total. The molecule has 6 heteroatoms. The number of nitrogens with one attached hydrogen (secondary N) is 1. The second-order valence-electron chi connectivity index (χ2n) is 7.41. The Kier molecular flexibility index (Phi) is 5.60. The first kappa shape index (κ1) is 19.2. The first-order valence-corrected chi connectivity index (χ1v) is 10.3. The summed E-state index contributed by atoms with van der Waals surface area (Å²) in [5, 5.41) is 3.55. The van der Waals surface area contributed by atoms with Crippen LogP contribution in [-0.4, -0.2) is 41.1 Å². The third-order valence-corrected chi connectivity index (χ3v) is 5.39. The standard InChI is InChI=1S/C23H28N6/c1-4-19-9-7-8-17(2)23(19)27-20-16-22(26-18(3)25-20)29-14-12-28(13-15-29)21-10-5-6-11-24-21/h5-11,16H,4,12-15H2,1-3H3,(H,25,26,27). The van der Waals surface area contributed by atoms with Gasteiger partial charge in [-0.05, 0) is 43.5 Å². The fraction of sp³-hybridized carbons (Fsp3) is 0.348. The summed E-state index contributed by atoms with van der Waals surface area (Å²) >= 11 is 0. The maximum absolute atomic E-state index is 4.70. The van der Waals surface area contributed by atoms with Crippen LogP contribution in [0.1, 0.15) is 23.9 Å². The van der Waals surface area contributed by atoms with Gasteiger partial charge in [-0.15, -0.1) is 0 Å². The number of anilines is 4. The van der Waals surface area contributed by atoms with Gasteiger partial charge in [-0.25, -0.2) is 15.0 Å². The van der Waals surface area contributed by atoms with Crippen LogP contribution in [-0.2, 0) is 6.42 Å². The molecular weight excluding hydrogens is 360 g/mol. The van der Waals surface area contributed by atoms with Crippen molar-refractivity contribution >= 4 is 23.1 Å². The lowest BCUT2D eigenvalue weighted by atomic mass is 10.1. The third kappa shape index (κ3) is 4.31. The van der Waals surface area contributed by atoms with E-state index in [2.05, 4.69) is 69.3 Å². The van der Waals surface area contributed by atoms with Crippen molar-refractivity contribution < 1.29 is 0 Å². The molecule has 0 bridgehead atoms. The topological polar surface area (TPSA) is 57.2 Å². The molecule has 4 rings (SSSR count). The van der Waals surface area contributed by atoms with Crippen molar-refractivity contribution in [3.63, 3.8) is 0 Å². The van der Waals surface area contributed by atoms with E-state index in [1.165, 1.54) is 11.1 Å². The number of aryl methyl sites for hydroxylation is 3. The molecule has 1 aliphatic rings. The van der Waals surface area contributed by atoms with E-state index in [9.17, 15) is 0 Å². The molecule has 1 fully saturated rings. The molecule has 0 unspecified atom stereocenters. The van der Waals surface area contributed by atoms with Gasteiger partial charge in [-0.1, -0.05) is 31.2 Å². The molecule has 29 heavy (non-hydrogen) atoms. The van der Waals surface area contributed by atoms with Crippen molar-refractivity contribution in [3.8, 4) is 0 Å². The van der Waals surface area contributed by atoms with Gasteiger partial charge in [0.25, 0.3) is 0 Å². The Labute approximate surface area is 172 Å². The predicted molar refractivity (Wildman–Crippen MR) is 119 cm³/mol. The molecule has 0 atom stereocenters. The minimum absolute atomic E-state index is 0.781. The summed E-state index contributed by atoms with van der Waals surface area (Å²) in [7, 11) is 0. The van der Waals surface area contributed by atoms with Crippen molar-refractivity contribution in [2.24, 2.45) is 0 Å². The molecule has 1 saturated heterocycles. The van der Waals surface area contributed by atoms with Gasteiger partial charge in [0.2, 0.25) is 0 Å². The summed E-state index contributed by atoms with van der Waals surface area (Å²) in [6.45, 7) is 9.96. The van der Waals surface area contributed by atoms with E-state index in [1.54, 1.807) is 0 Å². The highest BCUT2D eigenvalue weighted by atomic mass is 15.3. The molecule has 1 aromatic carbocycles. The van der Waals surface area contributed by atoms with E-state index in [-0.39, 0.29) is 0 Å². The number of hydrogen-bond acceptors (Lipinski definition) is 6. The van der Waals surface area contributed by atoms with Crippen molar-refractivity contribution in [3.05, 3.63) is 65.6 Å². The van der Waals surface area contributed by atoms with Crippen LogP contribution in [0.25, 0.3) is 0 Å². The lowest BCUT2D eigenvalue weighted by Crippen LogP contribution is -2.47. The lowest BCUT2D eigenvalue weighted by molar-refractivity contribution is 0.640. The van der Waals surface area contributed by atoms with E-state index < -0.39 is 0 Å². The lowest BCUT2D eigenvalue weighted by Gasteiger charge is -2.36. The monoisotopic (exact) mass is 388 g/mol. The molecule has 0 saturated carbocycles. The maximum atomic E-state index is 4.70. The molecule has 1 aliphatic heterocycles. The van der Waals surface area contributed by atoms with Crippen LogP contribution in [0.15, 0.2) is 48.7 Å². The number of hydrogen-bond donors (Lipinski definition) is 1. The van der Waals surface area contributed by atoms with Crippen molar-refractivity contribution in [1.82, 2.24) is 15.0 Å².